The molecule has 0 bridgehead atoms. The van der Waals surface area contributed by atoms with Crippen molar-refractivity contribution in [2.45, 2.75) is 6.42 Å². The molecule has 130 valence electrons. The average Bonchev–Trinajstić information content (AvgIpc) is 3.20. The maximum Gasteiger partial charge on any atom is 0.254 e. The number of likely N-dealkylation sites (tertiary alicyclic amines) is 1. The van der Waals surface area contributed by atoms with E-state index in [0.29, 0.717) is 36.6 Å². The molecule has 2 aliphatic heterocycles. The van der Waals surface area contributed by atoms with Crippen LogP contribution in [0.15, 0.2) is 48.5 Å². The van der Waals surface area contributed by atoms with E-state index in [2.05, 4.69) is 26.7 Å². The molecule has 1 saturated heterocycles. The second-order valence-corrected chi connectivity index (χ2v) is 7.02. The van der Waals surface area contributed by atoms with Gasteiger partial charge in [0.05, 0.1) is 12.2 Å². The molecule has 3 aromatic rings. The molecule has 0 saturated carbocycles. The van der Waals surface area contributed by atoms with Gasteiger partial charge in [-0.05, 0) is 29.3 Å². The van der Waals surface area contributed by atoms with E-state index in [9.17, 15) is 4.79 Å². The van der Waals surface area contributed by atoms with Gasteiger partial charge in [-0.3, -0.25) is 4.79 Å². The highest BCUT2D eigenvalue weighted by Crippen LogP contribution is 2.41. The number of fused-ring (bicyclic) bond motifs is 1. The number of rotatable bonds is 2. The lowest BCUT2D eigenvalue weighted by Crippen LogP contribution is -2.62. The Morgan fingerprint density at radius 1 is 1.12 bits per heavy atom. The van der Waals surface area contributed by atoms with Gasteiger partial charge in [-0.15, -0.1) is 10.2 Å². The fraction of sp³-hybridized carbons (Fsp3) is 0.263. The minimum Gasteiger partial charge on any atom is -0.493 e. The van der Waals surface area contributed by atoms with Crippen molar-refractivity contribution in [2.75, 3.05) is 19.7 Å². The number of nitrogens with zero attached hydrogens (tertiary/aromatic N) is 4. The summed E-state index contributed by atoms with van der Waals surface area (Å²) >= 11 is 0. The number of para-hydroxylation sites is 1. The average molecular weight is 347 g/mol. The lowest BCUT2D eigenvalue weighted by atomic mass is 9.73. The van der Waals surface area contributed by atoms with Crippen LogP contribution in [0.5, 0.6) is 5.75 Å². The van der Waals surface area contributed by atoms with E-state index >= 15 is 0 Å². The summed E-state index contributed by atoms with van der Waals surface area (Å²) in [4.78, 5) is 14.9. The number of hydrogen-bond acceptors (Lipinski definition) is 5. The van der Waals surface area contributed by atoms with Crippen LogP contribution in [0.4, 0.5) is 0 Å². The number of ether oxygens (including phenoxy) is 1. The van der Waals surface area contributed by atoms with Crippen LogP contribution in [-0.4, -0.2) is 51.1 Å². The van der Waals surface area contributed by atoms with Crippen LogP contribution in [0.1, 0.15) is 15.9 Å². The summed E-state index contributed by atoms with van der Waals surface area (Å²) in [5.41, 5.74) is 2.53. The van der Waals surface area contributed by atoms with Crippen LogP contribution in [0.25, 0.3) is 11.4 Å². The van der Waals surface area contributed by atoms with Gasteiger partial charge in [0.2, 0.25) is 5.82 Å². The summed E-state index contributed by atoms with van der Waals surface area (Å²) in [6.45, 7) is 2.04. The monoisotopic (exact) mass is 347 g/mol. The molecule has 7 nitrogen and oxygen atoms in total. The van der Waals surface area contributed by atoms with Crippen LogP contribution in [0.2, 0.25) is 0 Å². The topological polar surface area (TPSA) is 84.0 Å². The maximum atomic E-state index is 13.0. The predicted octanol–water partition coefficient (Wildman–Crippen LogP) is 1.94. The van der Waals surface area contributed by atoms with Gasteiger partial charge in [0.1, 0.15) is 5.75 Å². The zero-order chi connectivity index (χ0) is 17.6. The second-order valence-electron chi connectivity index (χ2n) is 7.02. The van der Waals surface area contributed by atoms with E-state index in [0.717, 1.165) is 12.2 Å². The lowest BCUT2D eigenvalue weighted by Gasteiger charge is -2.51. The van der Waals surface area contributed by atoms with Crippen molar-refractivity contribution >= 4 is 5.91 Å². The van der Waals surface area contributed by atoms with Crippen LogP contribution in [-0.2, 0) is 6.42 Å². The van der Waals surface area contributed by atoms with Gasteiger partial charge in [-0.2, -0.15) is 5.21 Å². The van der Waals surface area contributed by atoms with Crippen LogP contribution < -0.4 is 4.74 Å². The fourth-order valence-corrected chi connectivity index (χ4v) is 3.90. The SMILES string of the molecule is O=C(c1ccccc1-c1nn[nH]n1)N1CC2(COc3ccccc3C2)C1. The first-order valence-corrected chi connectivity index (χ1v) is 8.57. The van der Waals surface area contributed by atoms with Crippen molar-refractivity contribution in [1.29, 1.82) is 0 Å². The fourth-order valence-electron chi connectivity index (χ4n) is 3.90. The Labute approximate surface area is 150 Å². The summed E-state index contributed by atoms with van der Waals surface area (Å²) in [5.74, 6) is 1.39. The molecule has 1 amide bonds. The van der Waals surface area contributed by atoms with Crippen molar-refractivity contribution in [3.63, 3.8) is 0 Å². The van der Waals surface area contributed by atoms with Crippen LogP contribution in [0, 0.1) is 5.41 Å². The van der Waals surface area contributed by atoms with E-state index in [1.165, 1.54) is 5.56 Å². The number of amides is 1. The molecule has 3 heterocycles. The van der Waals surface area contributed by atoms with Gasteiger partial charge in [0.25, 0.3) is 5.91 Å². The van der Waals surface area contributed by atoms with E-state index in [1.54, 1.807) is 0 Å². The second kappa shape index (κ2) is 5.66. The number of aromatic nitrogens is 4. The van der Waals surface area contributed by atoms with Gasteiger partial charge < -0.3 is 9.64 Å². The van der Waals surface area contributed by atoms with E-state index < -0.39 is 0 Å². The van der Waals surface area contributed by atoms with Gasteiger partial charge in [0, 0.05) is 24.1 Å². The highest BCUT2D eigenvalue weighted by atomic mass is 16.5. The maximum absolute atomic E-state index is 13.0. The molecular formula is C19H17N5O2. The number of benzene rings is 2. The number of carbonyl (C=O) groups excluding carboxylic acids is 1. The van der Waals surface area contributed by atoms with Crippen molar-refractivity contribution in [3.05, 3.63) is 59.7 Å². The summed E-state index contributed by atoms with van der Waals surface area (Å²) < 4.78 is 5.93. The molecule has 0 radical (unpaired) electrons. The van der Waals surface area contributed by atoms with Gasteiger partial charge in [0.15, 0.2) is 0 Å². The summed E-state index contributed by atoms with van der Waals surface area (Å²) in [7, 11) is 0. The Hall–Kier alpha value is -3.22. The quantitative estimate of drug-likeness (QED) is 0.766. The van der Waals surface area contributed by atoms with Crippen LogP contribution >= 0.6 is 0 Å². The third-order valence-corrected chi connectivity index (χ3v) is 5.16. The number of aromatic amines is 1. The number of H-pyrrole nitrogens is 1. The number of tetrazole rings is 1. The molecule has 1 spiro atoms. The Balaban J connectivity index is 1.36. The molecular weight excluding hydrogens is 330 g/mol. The lowest BCUT2D eigenvalue weighted by molar-refractivity contribution is -0.0290. The number of carbonyl (C=O) groups is 1. The molecule has 5 rings (SSSR count). The first kappa shape index (κ1) is 15.1. The first-order valence-electron chi connectivity index (χ1n) is 8.57. The summed E-state index contributed by atoms with van der Waals surface area (Å²) in [5, 5.41) is 14.0. The largest absolute Gasteiger partial charge is 0.493 e. The standard InChI is InChI=1S/C19H17N5O2/c25-18(15-7-3-2-6-14(15)17-20-22-23-21-17)24-10-19(11-24)9-13-5-1-4-8-16(13)26-12-19/h1-8H,9-12H2,(H,20,21,22,23). The van der Waals surface area contributed by atoms with Gasteiger partial charge in [-0.1, -0.05) is 36.4 Å². The molecule has 1 fully saturated rings. The van der Waals surface area contributed by atoms with Crippen molar-refractivity contribution in [3.8, 4) is 17.1 Å². The van der Waals surface area contributed by atoms with Crippen molar-refractivity contribution in [2.24, 2.45) is 5.41 Å². The zero-order valence-electron chi connectivity index (χ0n) is 14.1. The molecule has 2 aliphatic rings. The summed E-state index contributed by atoms with van der Waals surface area (Å²) in [6, 6.07) is 15.5. The molecule has 1 N–H and O–H groups in total. The molecule has 7 heteroatoms. The van der Waals surface area contributed by atoms with E-state index in [1.807, 2.05) is 47.4 Å². The molecule has 0 unspecified atom stereocenters. The highest BCUT2D eigenvalue weighted by molar-refractivity contribution is 6.00. The van der Waals surface area contributed by atoms with Crippen LogP contribution in [0.3, 0.4) is 0 Å². The van der Waals surface area contributed by atoms with Crippen molar-refractivity contribution in [1.82, 2.24) is 25.5 Å². The van der Waals surface area contributed by atoms with Crippen molar-refractivity contribution < 1.29 is 9.53 Å². The molecule has 26 heavy (non-hydrogen) atoms. The number of hydrogen-bond donors (Lipinski definition) is 1. The minimum absolute atomic E-state index is 0.00474. The normalized spacial score (nSPS) is 17.3. The number of nitrogens with one attached hydrogen (secondary N) is 1. The van der Waals surface area contributed by atoms with Gasteiger partial charge in [-0.25, -0.2) is 0 Å². The Bertz CT molecular complexity index is 964. The zero-order valence-corrected chi connectivity index (χ0v) is 14.1. The molecule has 0 atom stereocenters. The molecule has 1 aromatic heterocycles. The summed E-state index contributed by atoms with van der Waals surface area (Å²) in [6.07, 6.45) is 0.944. The predicted molar refractivity (Wildman–Crippen MR) is 93.6 cm³/mol. The molecule has 0 aliphatic carbocycles. The first-order chi connectivity index (χ1) is 12.7. The third-order valence-electron chi connectivity index (χ3n) is 5.16. The third kappa shape index (κ3) is 2.35. The van der Waals surface area contributed by atoms with Gasteiger partial charge >= 0.3 is 0 Å². The molecule has 2 aromatic carbocycles. The smallest absolute Gasteiger partial charge is 0.254 e. The Kier molecular flexibility index (Phi) is 3.28. The minimum atomic E-state index is -0.00474. The van der Waals surface area contributed by atoms with E-state index in [4.69, 9.17) is 4.74 Å². The Morgan fingerprint density at radius 2 is 1.92 bits per heavy atom. The highest BCUT2D eigenvalue weighted by Gasteiger charge is 2.48. The van der Waals surface area contributed by atoms with E-state index in [-0.39, 0.29) is 11.3 Å². The Morgan fingerprint density at radius 3 is 2.77 bits per heavy atom.